The topological polar surface area (TPSA) is 70.5 Å². The predicted octanol–water partition coefficient (Wildman–Crippen LogP) is 3.35. The average Bonchev–Trinajstić information content (AvgIpc) is 3.49. The molecule has 3 fully saturated rings. The van der Waals surface area contributed by atoms with Crippen molar-refractivity contribution in [2.45, 2.75) is 37.8 Å². The van der Waals surface area contributed by atoms with Crippen LogP contribution in [0, 0.1) is 12.7 Å². The van der Waals surface area contributed by atoms with Crippen molar-refractivity contribution in [1.82, 2.24) is 24.1 Å². The number of nitrogens with one attached hydrogen (secondary N) is 1. The highest BCUT2D eigenvalue weighted by Crippen LogP contribution is 2.56. The van der Waals surface area contributed by atoms with Crippen molar-refractivity contribution in [3.05, 3.63) is 53.9 Å². The summed E-state index contributed by atoms with van der Waals surface area (Å²) in [5.41, 5.74) is 4.14. The predicted molar refractivity (Wildman–Crippen MR) is 128 cm³/mol. The van der Waals surface area contributed by atoms with Crippen LogP contribution in [0.1, 0.15) is 35.3 Å². The Hall–Kier alpha value is -3.46. The molecule has 7 rings (SSSR count). The molecule has 2 unspecified atom stereocenters. The number of nitrogens with zero attached hydrogens (tertiary/aromatic N) is 6. The minimum Gasteiger partial charge on any atom is -0.369 e. The average molecular weight is 460 g/mol. The highest BCUT2D eigenvalue weighted by molar-refractivity contribution is 6.13. The molecule has 1 saturated carbocycles. The van der Waals surface area contributed by atoms with Crippen molar-refractivity contribution in [1.29, 1.82) is 0 Å². The first-order chi connectivity index (χ1) is 16.4. The van der Waals surface area contributed by atoms with Crippen LogP contribution in [0.25, 0.3) is 16.6 Å². The molecule has 3 aromatic heterocycles. The molecule has 0 radical (unpaired) electrons. The van der Waals surface area contributed by atoms with E-state index in [-0.39, 0.29) is 11.6 Å². The zero-order valence-electron chi connectivity index (χ0n) is 19.3. The van der Waals surface area contributed by atoms with E-state index in [1.807, 2.05) is 25.4 Å². The van der Waals surface area contributed by atoms with Crippen LogP contribution in [-0.2, 0) is 7.05 Å². The van der Waals surface area contributed by atoms with E-state index in [1.165, 1.54) is 31.9 Å². The Kier molecular flexibility index (Phi) is 3.98. The van der Waals surface area contributed by atoms with Crippen molar-refractivity contribution < 1.29 is 9.18 Å². The quantitative estimate of drug-likeness (QED) is 0.474. The maximum Gasteiger partial charge on any atom is 0.257 e. The Labute approximate surface area is 196 Å². The SMILES string of the molecule is Cc1cn2cc(NC(=O)c3ccc(N4CCC(N5CC56CC6)C4)c4cn(C)nc34)cc(F)c2n1. The molecular formula is C25H26FN7O. The van der Waals surface area contributed by atoms with Gasteiger partial charge in [-0.1, -0.05) is 0 Å². The third-order valence-electron chi connectivity index (χ3n) is 7.64. The minimum atomic E-state index is -0.479. The Morgan fingerprint density at radius 3 is 2.88 bits per heavy atom. The number of aromatic nitrogens is 4. The monoisotopic (exact) mass is 459 g/mol. The molecule has 1 aromatic carbocycles. The van der Waals surface area contributed by atoms with Gasteiger partial charge in [0, 0.05) is 74.0 Å². The molecule has 1 spiro atoms. The number of imidazole rings is 1. The van der Waals surface area contributed by atoms with Gasteiger partial charge in [0.15, 0.2) is 11.5 Å². The summed E-state index contributed by atoms with van der Waals surface area (Å²) in [7, 11) is 1.87. The minimum absolute atomic E-state index is 0.242. The third-order valence-corrected chi connectivity index (χ3v) is 7.64. The lowest BCUT2D eigenvalue weighted by Crippen LogP contribution is -2.27. The van der Waals surface area contributed by atoms with Gasteiger partial charge in [-0.05, 0) is 38.3 Å². The standard InChI is InChI=1S/C25H26FN7O/c1-15-10-32-11-16(9-20(26)23(32)27-15)28-24(34)18-3-4-21(19-13-30(2)29-22(18)19)31-8-5-17(12-31)33-14-25(33)6-7-25/h3-4,9-11,13,17H,5-8,12,14H2,1-2H3,(H,28,34). The van der Waals surface area contributed by atoms with E-state index in [0.717, 1.165) is 24.2 Å². The summed E-state index contributed by atoms with van der Waals surface area (Å²) in [5.74, 6) is -0.794. The lowest BCUT2D eigenvalue weighted by atomic mass is 10.1. The summed E-state index contributed by atoms with van der Waals surface area (Å²) in [5, 5.41) is 8.41. The molecule has 1 N–H and O–H groups in total. The number of aryl methyl sites for hydroxylation is 2. The third kappa shape index (κ3) is 3.03. The van der Waals surface area contributed by atoms with Gasteiger partial charge in [0.2, 0.25) is 0 Å². The second-order valence-corrected chi connectivity index (χ2v) is 10.1. The maximum absolute atomic E-state index is 14.5. The molecule has 2 saturated heterocycles. The van der Waals surface area contributed by atoms with Crippen molar-refractivity contribution >= 4 is 33.8 Å². The van der Waals surface area contributed by atoms with Gasteiger partial charge in [-0.25, -0.2) is 9.37 Å². The van der Waals surface area contributed by atoms with Crippen LogP contribution in [0.2, 0.25) is 0 Å². The largest absolute Gasteiger partial charge is 0.369 e. The lowest BCUT2D eigenvalue weighted by Gasteiger charge is -2.21. The van der Waals surface area contributed by atoms with Crippen LogP contribution in [0.4, 0.5) is 15.8 Å². The summed E-state index contributed by atoms with van der Waals surface area (Å²) in [6, 6.07) is 5.78. The molecule has 9 heteroatoms. The summed E-state index contributed by atoms with van der Waals surface area (Å²) < 4.78 is 17.8. The van der Waals surface area contributed by atoms with Gasteiger partial charge in [0.05, 0.1) is 16.9 Å². The lowest BCUT2D eigenvalue weighted by molar-refractivity contribution is 0.102. The molecule has 1 amide bonds. The van der Waals surface area contributed by atoms with Crippen LogP contribution < -0.4 is 10.2 Å². The molecule has 34 heavy (non-hydrogen) atoms. The molecule has 4 aromatic rings. The number of anilines is 2. The number of amides is 1. The smallest absolute Gasteiger partial charge is 0.257 e. The van der Waals surface area contributed by atoms with E-state index >= 15 is 0 Å². The van der Waals surface area contributed by atoms with E-state index < -0.39 is 5.82 Å². The Morgan fingerprint density at radius 2 is 2.09 bits per heavy atom. The van der Waals surface area contributed by atoms with Crippen LogP contribution in [-0.4, -0.2) is 61.2 Å². The fraction of sp³-hybridized carbons (Fsp3) is 0.400. The van der Waals surface area contributed by atoms with Crippen LogP contribution >= 0.6 is 0 Å². The molecule has 8 nitrogen and oxygen atoms in total. The maximum atomic E-state index is 14.5. The Morgan fingerprint density at radius 1 is 1.24 bits per heavy atom. The first-order valence-corrected chi connectivity index (χ1v) is 11.8. The van der Waals surface area contributed by atoms with Crippen molar-refractivity contribution in [3.8, 4) is 0 Å². The van der Waals surface area contributed by atoms with Crippen LogP contribution in [0.15, 0.2) is 36.8 Å². The second-order valence-electron chi connectivity index (χ2n) is 10.1. The van der Waals surface area contributed by atoms with Crippen molar-refractivity contribution in [2.75, 3.05) is 29.9 Å². The number of hydrogen-bond donors (Lipinski definition) is 1. The molecule has 5 heterocycles. The summed E-state index contributed by atoms with van der Waals surface area (Å²) >= 11 is 0. The van der Waals surface area contributed by atoms with E-state index in [2.05, 4.69) is 25.2 Å². The molecule has 2 atom stereocenters. The van der Waals surface area contributed by atoms with Gasteiger partial charge in [-0.2, -0.15) is 5.10 Å². The number of halogens is 1. The van der Waals surface area contributed by atoms with Crippen LogP contribution in [0.3, 0.4) is 0 Å². The van der Waals surface area contributed by atoms with E-state index in [4.69, 9.17) is 0 Å². The fourth-order valence-corrected chi connectivity index (χ4v) is 5.71. The summed E-state index contributed by atoms with van der Waals surface area (Å²) in [4.78, 5) is 22.5. The second kappa shape index (κ2) is 6.79. The summed E-state index contributed by atoms with van der Waals surface area (Å²) in [6.07, 6.45) is 9.27. The van der Waals surface area contributed by atoms with Crippen molar-refractivity contribution in [2.24, 2.45) is 7.05 Å². The highest BCUT2D eigenvalue weighted by Gasteiger charge is 2.63. The Balaban J connectivity index is 1.18. The number of carbonyl (C=O) groups is 1. The van der Waals surface area contributed by atoms with Gasteiger partial charge in [0.1, 0.15) is 5.52 Å². The number of hydrogen-bond acceptors (Lipinski definition) is 5. The highest BCUT2D eigenvalue weighted by atomic mass is 19.1. The molecule has 3 aliphatic rings. The number of carbonyl (C=O) groups excluding carboxylic acids is 1. The number of benzene rings is 1. The van der Waals surface area contributed by atoms with Gasteiger partial charge >= 0.3 is 0 Å². The van der Waals surface area contributed by atoms with E-state index in [1.54, 1.807) is 28.4 Å². The Bertz CT molecular complexity index is 1480. The zero-order valence-corrected chi connectivity index (χ0v) is 19.3. The van der Waals surface area contributed by atoms with E-state index in [0.29, 0.717) is 34.0 Å². The number of fused-ring (bicyclic) bond motifs is 2. The molecule has 0 bridgehead atoms. The fourth-order valence-electron chi connectivity index (χ4n) is 5.71. The van der Waals surface area contributed by atoms with Crippen LogP contribution in [0.5, 0.6) is 0 Å². The zero-order chi connectivity index (χ0) is 23.2. The van der Waals surface area contributed by atoms with Gasteiger partial charge < -0.3 is 14.6 Å². The molecule has 174 valence electrons. The molecular weight excluding hydrogens is 433 g/mol. The normalized spacial score (nSPS) is 22.7. The number of pyridine rings is 1. The van der Waals surface area contributed by atoms with Gasteiger partial charge in [-0.15, -0.1) is 0 Å². The molecule has 1 aliphatic carbocycles. The van der Waals surface area contributed by atoms with E-state index in [9.17, 15) is 9.18 Å². The number of rotatable bonds is 4. The first kappa shape index (κ1) is 20.0. The van der Waals surface area contributed by atoms with Crippen molar-refractivity contribution in [3.63, 3.8) is 0 Å². The molecule has 2 aliphatic heterocycles. The first-order valence-electron chi connectivity index (χ1n) is 11.8. The summed E-state index contributed by atoms with van der Waals surface area (Å²) in [6.45, 7) is 5.09. The van der Waals surface area contributed by atoms with Gasteiger partial charge in [0.25, 0.3) is 5.91 Å². The van der Waals surface area contributed by atoms with Gasteiger partial charge in [-0.3, -0.25) is 14.4 Å².